The Hall–Kier alpha value is -2.28. The molecule has 0 unspecified atom stereocenters. The Bertz CT molecular complexity index is 621. The van der Waals surface area contributed by atoms with Gasteiger partial charge in [0.2, 0.25) is 5.95 Å². The average Bonchev–Trinajstić information content (AvgIpc) is 2.55. The minimum absolute atomic E-state index is 0.0474. The van der Waals surface area contributed by atoms with E-state index in [1.165, 1.54) is 10.7 Å². The molecular weight excluding hydrogens is 268 g/mol. The van der Waals surface area contributed by atoms with Crippen molar-refractivity contribution in [3.8, 4) is 0 Å². The van der Waals surface area contributed by atoms with Crippen LogP contribution < -0.4 is 10.5 Å². The maximum atomic E-state index is 11.6. The molecule has 0 aliphatic carbocycles. The van der Waals surface area contributed by atoms with Gasteiger partial charge in [0.15, 0.2) is 0 Å². The van der Waals surface area contributed by atoms with Crippen LogP contribution in [0.3, 0.4) is 0 Å². The zero-order chi connectivity index (χ0) is 14.5. The van der Waals surface area contributed by atoms with E-state index in [0.29, 0.717) is 6.54 Å². The van der Waals surface area contributed by atoms with Gasteiger partial charge in [0.1, 0.15) is 0 Å². The molecule has 0 saturated carbocycles. The lowest BCUT2D eigenvalue weighted by Crippen LogP contribution is -2.48. The molecule has 3 rings (SSSR count). The first-order valence-corrected chi connectivity index (χ1v) is 7.09. The lowest BCUT2D eigenvalue weighted by molar-refractivity contribution is 0.241. The van der Waals surface area contributed by atoms with Crippen molar-refractivity contribution in [2.45, 2.75) is 6.54 Å². The van der Waals surface area contributed by atoms with E-state index in [0.717, 1.165) is 38.7 Å². The van der Waals surface area contributed by atoms with Crippen LogP contribution in [0.4, 0.5) is 5.95 Å². The minimum atomic E-state index is -0.0474. The van der Waals surface area contributed by atoms with E-state index in [9.17, 15) is 4.79 Å². The lowest BCUT2D eigenvalue weighted by Gasteiger charge is -2.34. The maximum absolute atomic E-state index is 11.6. The molecule has 0 amide bonds. The summed E-state index contributed by atoms with van der Waals surface area (Å²) < 4.78 is 1.51. The third-order valence-corrected chi connectivity index (χ3v) is 3.62. The normalized spacial score (nSPS) is 16.1. The molecule has 2 aromatic rings. The third-order valence-electron chi connectivity index (χ3n) is 3.62. The van der Waals surface area contributed by atoms with E-state index in [4.69, 9.17) is 0 Å². The van der Waals surface area contributed by atoms with Crippen molar-refractivity contribution in [1.82, 2.24) is 24.6 Å². The van der Waals surface area contributed by atoms with Crippen molar-refractivity contribution in [1.29, 1.82) is 0 Å². The van der Waals surface area contributed by atoms with Crippen LogP contribution in [0, 0.1) is 0 Å². The van der Waals surface area contributed by atoms with Crippen molar-refractivity contribution < 1.29 is 0 Å². The molecule has 0 radical (unpaired) electrons. The van der Waals surface area contributed by atoms with Crippen LogP contribution in [-0.4, -0.2) is 57.4 Å². The van der Waals surface area contributed by atoms with E-state index >= 15 is 0 Å². The highest BCUT2D eigenvalue weighted by molar-refractivity contribution is 5.29. The summed E-state index contributed by atoms with van der Waals surface area (Å²) in [7, 11) is 0. The number of hydrogen-bond donors (Lipinski definition) is 0. The topological polar surface area (TPSA) is 67.2 Å². The van der Waals surface area contributed by atoms with Crippen LogP contribution in [0.1, 0.15) is 0 Å². The van der Waals surface area contributed by atoms with E-state index < -0.39 is 0 Å². The predicted molar refractivity (Wildman–Crippen MR) is 79.2 cm³/mol. The van der Waals surface area contributed by atoms with Crippen LogP contribution in [0.15, 0.2) is 41.6 Å². The summed E-state index contributed by atoms with van der Waals surface area (Å²) in [6.45, 7) is 5.16. The molecule has 1 aliphatic heterocycles. The van der Waals surface area contributed by atoms with Gasteiger partial charge in [-0.2, -0.15) is 5.10 Å². The fraction of sp³-hybridized carbons (Fsp3) is 0.429. The van der Waals surface area contributed by atoms with Gasteiger partial charge in [0.05, 0.1) is 6.54 Å². The van der Waals surface area contributed by atoms with Crippen molar-refractivity contribution >= 4 is 5.95 Å². The lowest BCUT2D eigenvalue weighted by atomic mass is 10.3. The van der Waals surface area contributed by atoms with E-state index in [-0.39, 0.29) is 5.56 Å². The third kappa shape index (κ3) is 3.43. The number of nitrogens with zero attached hydrogens (tertiary/aromatic N) is 6. The summed E-state index contributed by atoms with van der Waals surface area (Å²) in [5, 5.41) is 4.07. The molecule has 110 valence electrons. The van der Waals surface area contributed by atoms with Gasteiger partial charge < -0.3 is 4.90 Å². The Kier molecular flexibility index (Phi) is 4.20. The first-order chi connectivity index (χ1) is 10.3. The average molecular weight is 286 g/mol. The van der Waals surface area contributed by atoms with Gasteiger partial charge in [-0.3, -0.25) is 9.69 Å². The summed E-state index contributed by atoms with van der Waals surface area (Å²) >= 11 is 0. The second-order valence-corrected chi connectivity index (χ2v) is 4.96. The first kappa shape index (κ1) is 13.7. The molecule has 1 fully saturated rings. The Balaban J connectivity index is 1.50. The second kappa shape index (κ2) is 6.45. The largest absolute Gasteiger partial charge is 0.338 e. The number of anilines is 1. The van der Waals surface area contributed by atoms with Crippen LogP contribution in [-0.2, 0) is 6.54 Å². The van der Waals surface area contributed by atoms with E-state index in [2.05, 4.69) is 24.9 Å². The SMILES string of the molecule is O=c1cccnn1CCN1CCN(c2ncccn2)CC1. The molecule has 2 aromatic heterocycles. The number of aromatic nitrogens is 4. The monoisotopic (exact) mass is 286 g/mol. The molecule has 7 heteroatoms. The standard InChI is InChI=1S/C14H18N6O/c21-13-3-1-6-17-20(13)12-9-18-7-10-19(11-8-18)14-15-4-2-5-16-14/h1-6H,7-12H2. The van der Waals surface area contributed by atoms with E-state index in [1.54, 1.807) is 24.7 Å². The fourth-order valence-corrected chi connectivity index (χ4v) is 2.42. The predicted octanol–water partition coefficient (Wildman–Crippen LogP) is -0.144. The van der Waals surface area contributed by atoms with Crippen molar-refractivity contribution in [2.75, 3.05) is 37.6 Å². The Morgan fingerprint density at radius 2 is 1.71 bits per heavy atom. The van der Waals surface area contributed by atoms with Gasteiger partial charge in [-0.05, 0) is 12.1 Å². The second-order valence-electron chi connectivity index (χ2n) is 4.96. The van der Waals surface area contributed by atoms with Gasteiger partial charge in [-0.25, -0.2) is 14.6 Å². The van der Waals surface area contributed by atoms with Gasteiger partial charge in [-0.1, -0.05) is 0 Å². The Morgan fingerprint density at radius 1 is 0.952 bits per heavy atom. The molecular formula is C14H18N6O. The van der Waals surface area contributed by atoms with Gasteiger partial charge in [0, 0.05) is 57.4 Å². The fourth-order valence-electron chi connectivity index (χ4n) is 2.42. The summed E-state index contributed by atoms with van der Waals surface area (Å²) in [6.07, 6.45) is 5.18. The zero-order valence-electron chi connectivity index (χ0n) is 11.8. The van der Waals surface area contributed by atoms with Crippen LogP contribution in [0.5, 0.6) is 0 Å². The smallest absolute Gasteiger partial charge is 0.266 e. The summed E-state index contributed by atoms with van der Waals surface area (Å²) in [5.41, 5.74) is -0.0474. The molecule has 7 nitrogen and oxygen atoms in total. The molecule has 3 heterocycles. The molecule has 0 N–H and O–H groups in total. The molecule has 0 atom stereocenters. The Labute approximate surface area is 122 Å². The summed E-state index contributed by atoms with van der Waals surface area (Å²) in [4.78, 5) is 24.7. The van der Waals surface area contributed by atoms with Crippen molar-refractivity contribution in [3.05, 3.63) is 47.1 Å². The molecule has 21 heavy (non-hydrogen) atoms. The summed E-state index contributed by atoms with van der Waals surface area (Å²) in [6, 6.07) is 5.03. The van der Waals surface area contributed by atoms with Gasteiger partial charge >= 0.3 is 0 Å². The summed E-state index contributed by atoms with van der Waals surface area (Å²) in [5.74, 6) is 0.790. The molecule has 0 spiro atoms. The quantitative estimate of drug-likeness (QED) is 0.779. The number of piperazine rings is 1. The van der Waals surface area contributed by atoms with Gasteiger partial charge in [-0.15, -0.1) is 0 Å². The van der Waals surface area contributed by atoms with Crippen LogP contribution in [0.2, 0.25) is 0 Å². The minimum Gasteiger partial charge on any atom is -0.338 e. The highest BCUT2D eigenvalue weighted by Gasteiger charge is 2.18. The van der Waals surface area contributed by atoms with Crippen LogP contribution in [0.25, 0.3) is 0 Å². The molecule has 0 aromatic carbocycles. The maximum Gasteiger partial charge on any atom is 0.266 e. The molecule has 1 saturated heterocycles. The highest BCUT2D eigenvalue weighted by atomic mass is 16.1. The van der Waals surface area contributed by atoms with Crippen molar-refractivity contribution in [3.63, 3.8) is 0 Å². The Morgan fingerprint density at radius 3 is 2.43 bits per heavy atom. The van der Waals surface area contributed by atoms with Gasteiger partial charge in [0.25, 0.3) is 5.56 Å². The van der Waals surface area contributed by atoms with Crippen LogP contribution >= 0.6 is 0 Å². The van der Waals surface area contributed by atoms with Crippen molar-refractivity contribution in [2.24, 2.45) is 0 Å². The first-order valence-electron chi connectivity index (χ1n) is 7.09. The molecule has 1 aliphatic rings. The highest BCUT2D eigenvalue weighted by Crippen LogP contribution is 2.09. The molecule has 0 bridgehead atoms. The number of rotatable bonds is 4. The number of hydrogen-bond acceptors (Lipinski definition) is 6. The zero-order valence-corrected chi connectivity index (χ0v) is 11.8. The van der Waals surface area contributed by atoms with E-state index in [1.807, 2.05) is 6.07 Å².